The lowest BCUT2D eigenvalue weighted by atomic mass is 10.1. The number of rotatable bonds is 16. The molecule has 3 aromatic rings. The predicted molar refractivity (Wildman–Crippen MR) is 230 cm³/mol. The molecule has 328 valence electrons. The third kappa shape index (κ3) is 9.26. The fraction of sp³-hybridized carbons (Fsp3) is 0.405. The number of anilines is 2. The number of amides is 4. The zero-order valence-corrected chi connectivity index (χ0v) is 36.0. The summed E-state index contributed by atoms with van der Waals surface area (Å²) in [7, 11) is 5.53. The number of nitrogens with one attached hydrogen (secondary N) is 1. The zero-order chi connectivity index (χ0) is 44.2. The summed E-state index contributed by atoms with van der Waals surface area (Å²) < 4.78 is 29.1. The van der Waals surface area contributed by atoms with Gasteiger partial charge in [-0.05, 0) is 68.0 Å². The van der Waals surface area contributed by atoms with Crippen LogP contribution >= 0.6 is 21.6 Å². The Bertz CT molecular complexity index is 2290. The smallest absolute Gasteiger partial charge is 0.416 e. The number of benzene rings is 2. The number of fused-ring (bicyclic) bond motifs is 4. The molecule has 0 spiro atoms. The van der Waals surface area contributed by atoms with Gasteiger partial charge in [0.1, 0.15) is 23.9 Å². The van der Waals surface area contributed by atoms with E-state index in [1.807, 2.05) is 6.92 Å². The first-order chi connectivity index (χ1) is 29.8. The molecule has 2 fully saturated rings. The maximum atomic E-state index is 14.0. The molecule has 4 aliphatic rings. The summed E-state index contributed by atoms with van der Waals surface area (Å²) in [6, 6.07) is 7.69. The quantitative estimate of drug-likeness (QED) is 0.0536. The van der Waals surface area contributed by atoms with Crippen LogP contribution in [0.2, 0.25) is 0 Å². The molecule has 20 heteroatoms. The van der Waals surface area contributed by atoms with Crippen molar-refractivity contribution in [3.8, 4) is 23.0 Å². The van der Waals surface area contributed by atoms with Crippen molar-refractivity contribution in [2.45, 2.75) is 67.6 Å². The van der Waals surface area contributed by atoms with Gasteiger partial charge in [-0.1, -0.05) is 35.1 Å². The summed E-state index contributed by atoms with van der Waals surface area (Å²) in [6.07, 6.45) is 1.41. The molecule has 7 rings (SSSR count). The summed E-state index contributed by atoms with van der Waals surface area (Å²) in [4.78, 5) is 72.7. The van der Waals surface area contributed by atoms with Crippen LogP contribution in [0.5, 0.6) is 23.0 Å². The van der Waals surface area contributed by atoms with Crippen LogP contribution in [0.25, 0.3) is 0 Å². The summed E-state index contributed by atoms with van der Waals surface area (Å²) >= 11 is 0. The van der Waals surface area contributed by atoms with Crippen LogP contribution < -0.4 is 29.2 Å². The molecule has 0 radical (unpaired) electrons. The molecular weight excluding hydrogens is 845 g/mol. The second kappa shape index (κ2) is 19.0. The van der Waals surface area contributed by atoms with Crippen LogP contribution in [0.15, 0.2) is 71.9 Å². The number of aliphatic hydroxyl groups is 1. The van der Waals surface area contributed by atoms with Gasteiger partial charge in [-0.15, -0.1) is 0 Å². The van der Waals surface area contributed by atoms with Gasteiger partial charge >= 0.3 is 6.09 Å². The lowest BCUT2D eigenvalue weighted by molar-refractivity contribution is -0.385. The lowest BCUT2D eigenvalue weighted by Gasteiger charge is -2.31. The fourth-order valence-electron chi connectivity index (χ4n) is 7.61. The Labute approximate surface area is 365 Å². The van der Waals surface area contributed by atoms with E-state index in [1.165, 1.54) is 76.1 Å². The molecule has 4 aliphatic heterocycles. The third-order valence-electron chi connectivity index (χ3n) is 10.7. The van der Waals surface area contributed by atoms with E-state index in [4.69, 9.17) is 23.7 Å². The van der Waals surface area contributed by atoms with E-state index in [0.29, 0.717) is 66.6 Å². The topological polar surface area (TPSA) is 212 Å². The number of hydrogen-bond donors (Lipinski definition) is 2. The standard InChI is InChI=1S/C42H46N6O12S2/c1-23-13-31-38(49)44-29-17-35(33(56-4)15-27(29)39(50)45(31)20-23)58-11-7-6-8-12-59-36-18-30-28(16-34(36)57-5)40(51)46-21-24(2)14-32(46)41(52)47(30)42(53)60-22-25(3)61-62-37-10-9-26(19-43-37)48(54)55/h9-10,15-19,25,31-32,41,52H,1-2,6-8,11-14,20-22H2,3-5H3,(H,44,49)/t25-,31+,32?,41?/m1/s1. The Morgan fingerprint density at radius 2 is 1.58 bits per heavy atom. The van der Waals surface area contributed by atoms with Crippen molar-refractivity contribution < 1.29 is 52.9 Å². The third-order valence-corrected chi connectivity index (χ3v) is 13.5. The maximum Gasteiger partial charge on any atom is 0.416 e. The molecule has 1 aromatic heterocycles. The molecule has 2 saturated heterocycles. The minimum atomic E-state index is -1.47. The number of aromatic nitrogens is 1. The van der Waals surface area contributed by atoms with E-state index in [0.717, 1.165) is 16.0 Å². The van der Waals surface area contributed by atoms with Gasteiger partial charge in [-0.3, -0.25) is 24.5 Å². The second-order valence-corrected chi connectivity index (χ2v) is 17.8. The predicted octanol–water partition coefficient (Wildman–Crippen LogP) is 6.23. The molecule has 0 aliphatic carbocycles. The van der Waals surface area contributed by atoms with E-state index in [2.05, 4.69) is 23.5 Å². The van der Waals surface area contributed by atoms with E-state index in [-0.39, 0.29) is 71.7 Å². The largest absolute Gasteiger partial charge is 0.493 e. The average Bonchev–Trinajstić information content (AvgIpc) is 3.82. The van der Waals surface area contributed by atoms with Crippen molar-refractivity contribution in [3.05, 3.63) is 88.1 Å². The number of nitro groups is 1. The maximum absolute atomic E-state index is 14.0. The van der Waals surface area contributed by atoms with Gasteiger partial charge in [0.05, 0.1) is 60.9 Å². The van der Waals surface area contributed by atoms with Crippen LogP contribution in [-0.4, -0.2) is 119 Å². The molecule has 5 heterocycles. The van der Waals surface area contributed by atoms with Crippen LogP contribution in [0.3, 0.4) is 0 Å². The van der Waals surface area contributed by atoms with E-state index in [9.17, 15) is 34.4 Å². The number of aliphatic hydroxyl groups excluding tert-OH is 1. The highest BCUT2D eigenvalue weighted by Gasteiger charge is 2.46. The molecule has 4 amide bonds. The highest BCUT2D eigenvalue weighted by Crippen LogP contribution is 2.43. The number of nitrogens with zero attached hydrogens (tertiary/aromatic N) is 5. The summed E-state index contributed by atoms with van der Waals surface area (Å²) in [5.41, 5.74) is 2.31. The van der Waals surface area contributed by atoms with Crippen LogP contribution in [0.1, 0.15) is 59.7 Å². The first kappa shape index (κ1) is 44.1. The summed E-state index contributed by atoms with van der Waals surface area (Å²) in [5.74, 6) is 0.275. The Kier molecular flexibility index (Phi) is 13.5. The van der Waals surface area contributed by atoms with Gasteiger partial charge in [-0.2, -0.15) is 0 Å². The number of hydrogen-bond acceptors (Lipinski definition) is 15. The molecule has 0 saturated carbocycles. The van der Waals surface area contributed by atoms with Gasteiger partial charge in [0.25, 0.3) is 17.5 Å². The molecule has 62 heavy (non-hydrogen) atoms. The highest BCUT2D eigenvalue weighted by molar-refractivity contribution is 8.76. The zero-order valence-electron chi connectivity index (χ0n) is 34.3. The van der Waals surface area contributed by atoms with Crippen LogP contribution in [0.4, 0.5) is 21.9 Å². The van der Waals surface area contributed by atoms with Crippen molar-refractivity contribution in [2.24, 2.45) is 0 Å². The SMILES string of the molecule is C=C1CC2C(O)N(C(=O)OC[C@@H](C)SSc3ccc([N+](=O)[O-])cn3)c3cc(OCCCCCOc4cc5c(cc4OC)C(=O)N4CC(=C)C[C@H]4C(=O)N5)c(OC)cc3C(=O)N2C1. The number of methoxy groups -OCH3 is 2. The van der Waals surface area contributed by atoms with Gasteiger partial charge in [0, 0.05) is 36.5 Å². The summed E-state index contributed by atoms with van der Waals surface area (Å²) in [5, 5.41) is 25.8. The van der Waals surface area contributed by atoms with Gasteiger partial charge in [-0.25, -0.2) is 14.7 Å². The molecule has 4 atom stereocenters. The van der Waals surface area contributed by atoms with Crippen molar-refractivity contribution in [1.29, 1.82) is 0 Å². The first-order valence-corrected chi connectivity index (χ1v) is 22.0. The molecule has 2 unspecified atom stereocenters. The fourth-order valence-corrected chi connectivity index (χ4v) is 9.46. The van der Waals surface area contributed by atoms with Crippen LogP contribution in [-0.2, 0) is 9.53 Å². The van der Waals surface area contributed by atoms with E-state index < -0.39 is 35.2 Å². The number of ether oxygens (including phenoxy) is 5. The Hall–Kier alpha value is -5.99. The minimum absolute atomic E-state index is 0.0637. The normalized spacial score (nSPS) is 19.7. The molecular formula is C42H46N6O12S2. The van der Waals surface area contributed by atoms with Gasteiger partial charge < -0.3 is 43.9 Å². The Balaban J connectivity index is 0.977. The monoisotopic (exact) mass is 890 g/mol. The molecule has 2 N–H and O–H groups in total. The molecule has 2 aromatic carbocycles. The Morgan fingerprint density at radius 3 is 2.24 bits per heavy atom. The lowest BCUT2D eigenvalue weighted by Crippen LogP contribution is -2.51. The highest BCUT2D eigenvalue weighted by atomic mass is 33.1. The molecule has 0 bridgehead atoms. The second-order valence-electron chi connectivity index (χ2n) is 15.1. The average molecular weight is 891 g/mol. The van der Waals surface area contributed by atoms with E-state index in [1.54, 1.807) is 12.1 Å². The number of unbranched alkanes of at least 4 members (excludes halogenated alkanes) is 2. The van der Waals surface area contributed by atoms with Gasteiger partial charge in [0.15, 0.2) is 29.2 Å². The van der Waals surface area contributed by atoms with E-state index >= 15 is 0 Å². The van der Waals surface area contributed by atoms with Gasteiger partial charge in [0.2, 0.25) is 5.91 Å². The van der Waals surface area contributed by atoms with Crippen molar-refractivity contribution >= 4 is 62.5 Å². The van der Waals surface area contributed by atoms with Crippen molar-refractivity contribution in [3.63, 3.8) is 0 Å². The first-order valence-electron chi connectivity index (χ1n) is 19.8. The molecule has 18 nitrogen and oxygen atoms in total. The summed E-state index contributed by atoms with van der Waals surface area (Å²) in [6.45, 7) is 10.8. The number of carbonyl (C=O) groups excluding carboxylic acids is 4. The Morgan fingerprint density at radius 1 is 0.935 bits per heavy atom. The van der Waals surface area contributed by atoms with Crippen molar-refractivity contribution in [2.75, 3.05) is 57.3 Å². The van der Waals surface area contributed by atoms with Crippen LogP contribution in [0, 0.1) is 10.1 Å². The number of pyridine rings is 1. The van der Waals surface area contributed by atoms with Crippen molar-refractivity contribution in [1.82, 2.24) is 14.8 Å². The minimum Gasteiger partial charge on any atom is -0.493 e. The number of carbonyl (C=O) groups is 4.